The van der Waals surface area contributed by atoms with E-state index in [1.807, 2.05) is 26.1 Å². The van der Waals surface area contributed by atoms with Gasteiger partial charge in [0.05, 0.1) is 6.61 Å². The molecule has 0 saturated carbocycles. The zero-order valence-electron chi connectivity index (χ0n) is 11.6. The second-order valence-electron chi connectivity index (χ2n) is 4.18. The van der Waals surface area contributed by atoms with Crippen LogP contribution in [0.15, 0.2) is 18.2 Å². The molecule has 0 bridgehead atoms. The van der Waals surface area contributed by atoms with Crippen LogP contribution >= 0.6 is 0 Å². The number of hydrogen-bond acceptors (Lipinski definition) is 3. The molecule has 0 amide bonds. The summed E-state index contributed by atoms with van der Waals surface area (Å²) in [4.78, 5) is 4.51. The van der Waals surface area contributed by atoms with E-state index in [0.29, 0.717) is 0 Å². The van der Waals surface area contributed by atoms with E-state index in [1.165, 1.54) is 5.39 Å². The Bertz CT molecular complexity index is 525. The molecular weight excluding hydrogens is 276 g/mol. The van der Waals surface area contributed by atoms with Crippen LogP contribution in [0.25, 0.3) is 10.8 Å². The molecule has 5 heteroatoms. The number of nitrogens with one attached hydrogen (secondary N) is 1. The molecule has 0 aliphatic heterocycles. The summed E-state index contributed by atoms with van der Waals surface area (Å²) in [6.45, 7) is 4.96. The van der Waals surface area contributed by atoms with Crippen LogP contribution in [0.5, 0.6) is 5.75 Å². The van der Waals surface area contributed by atoms with Crippen LogP contribution in [0, 0.1) is 6.92 Å². The molecule has 0 saturated heterocycles. The number of rotatable bonds is 5. The van der Waals surface area contributed by atoms with Gasteiger partial charge in [-0.1, -0.05) is 44.0 Å². The summed E-state index contributed by atoms with van der Waals surface area (Å²) in [5, 5.41) is 5.40. The first-order chi connectivity index (χ1) is 9.27. The third-order valence-electron chi connectivity index (χ3n) is 2.92. The van der Waals surface area contributed by atoms with E-state index < -0.39 is 0 Å². The van der Waals surface area contributed by atoms with Crippen LogP contribution in [0.1, 0.15) is 25.5 Å². The van der Waals surface area contributed by atoms with E-state index in [4.69, 9.17) is 8.06 Å². The zero-order chi connectivity index (χ0) is 14.3. The molecule has 2 aromatic rings. The summed E-state index contributed by atoms with van der Waals surface area (Å²) in [6.07, 6.45) is 2.23. The van der Waals surface area contributed by atoms with Gasteiger partial charge in [-0.05, 0) is 24.8 Å². The van der Waals surface area contributed by atoms with Gasteiger partial charge in [0, 0.05) is 5.39 Å². The van der Waals surface area contributed by atoms with Crippen molar-refractivity contribution in [3.8, 4) is 5.75 Å². The number of benzene rings is 1. The molecule has 1 heterocycles. The first kappa shape index (κ1) is 15.9. The summed E-state index contributed by atoms with van der Waals surface area (Å²) >= 11 is 0.750. The molecule has 101 valence electrons. The molecule has 0 spiro atoms. The van der Waals surface area contributed by atoms with Crippen LogP contribution in [-0.2, 0) is 23.7 Å². The van der Waals surface area contributed by atoms with E-state index in [0.717, 1.165) is 62.5 Å². The Hall–Kier alpha value is -1.13. The van der Waals surface area contributed by atoms with Crippen LogP contribution in [0.2, 0.25) is 0 Å². The second-order valence-corrected chi connectivity index (χ2v) is 4.18. The van der Waals surface area contributed by atoms with E-state index in [2.05, 4.69) is 23.3 Å². The molecule has 2 rings (SSSR count). The molecule has 1 N–H and O–H groups in total. The van der Waals surface area contributed by atoms with Crippen molar-refractivity contribution in [3.63, 3.8) is 0 Å². The van der Waals surface area contributed by atoms with Crippen molar-refractivity contribution in [2.75, 3.05) is 19.0 Å². The fourth-order valence-corrected chi connectivity index (χ4v) is 1.99. The van der Waals surface area contributed by atoms with Gasteiger partial charge in [-0.2, -0.15) is 0 Å². The predicted molar refractivity (Wildman–Crippen MR) is 72.6 cm³/mol. The van der Waals surface area contributed by atoms with E-state index in [-0.39, 0.29) is 0 Å². The number of unbranched alkanes of at least 4 members (excludes halogenated alkanes) is 1. The number of anilines is 1. The minimum atomic E-state index is 0.750. The Balaban J connectivity index is 0.000000861. The number of fused-ring (bicyclic) bond motifs is 1. The van der Waals surface area contributed by atoms with Crippen LogP contribution in [0.4, 0.5) is 5.82 Å². The molecule has 1 aromatic carbocycles. The molecule has 19 heavy (non-hydrogen) atoms. The Kier molecular flexibility index (Phi) is 6.81. The molecule has 0 fully saturated rings. The SMILES string of the molecule is CCCCOc1cccc2c(C)[n-]c(NC)c12.[O]=[Ti+]. The van der Waals surface area contributed by atoms with Gasteiger partial charge in [-0.15, -0.1) is 0 Å². The van der Waals surface area contributed by atoms with Crippen molar-refractivity contribution in [1.29, 1.82) is 0 Å². The quantitative estimate of drug-likeness (QED) is 0.680. The molecule has 4 nitrogen and oxygen atoms in total. The van der Waals surface area contributed by atoms with Crippen molar-refractivity contribution in [2.24, 2.45) is 0 Å². The maximum atomic E-state index is 8.25. The fraction of sp³-hybridized carbons (Fsp3) is 0.429. The summed E-state index contributed by atoms with van der Waals surface area (Å²) < 4.78 is 14.1. The van der Waals surface area contributed by atoms with E-state index in [9.17, 15) is 0 Å². The first-order valence-electron chi connectivity index (χ1n) is 6.35. The average molecular weight is 295 g/mol. The van der Waals surface area contributed by atoms with Gasteiger partial charge in [0.15, 0.2) is 0 Å². The Morgan fingerprint density at radius 1 is 1.37 bits per heavy atom. The molecule has 0 aliphatic rings. The zero-order valence-corrected chi connectivity index (χ0v) is 13.2. The van der Waals surface area contributed by atoms with Crippen molar-refractivity contribution >= 4 is 16.6 Å². The molecular formula is C14H19N2O2Ti. The molecule has 1 aromatic heterocycles. The third kappa shape index (κ3) is 3.67. The fourth-order valence-electron chi connectivity index (χ4n) is 1.99. The summed E-state index contributed by atoms with van der Waals surface area (Å²) in [6, 6.07) is 6.13. The van der Waals surface area contributed by atoms with Crippen molar-refractivity contribution in [3.05, 3.63) is 23.9 Å². The third-order valence-corrected chi connectivity index (χ3v) is 2.92. The number of nitrogens with zero attached hydrogens (tertiary/aromatic N) is 1. The van der Waals surface area contributed by atoms with Gasteiger partial charge >= 0.3 is 23.7 Å². The minimum absolute atomic E-state index is 0.750. The number of aryl methyl sites for hydroxylation is 1. The Morgan fingerprint density at radius 3 is 2.74 bits per heavy atom. The molecule has 0 atom stereocenters. The van der Waals surface area contributed by atoms with Crippen LogP contribution < -0.4 is 15.0 Å². The summed E-state index contributed by atoms with van der Waals surface area (Å²) in [5.74, 6) is 1.84. The number of hydrogen-bond donors (Lipinski definition) is 1. The van der Waals surface area contributed by atoms with Gasteiger partial charge in [0.1, 0.15) is 5.75 Å². The molecule has 0 radical (unpaired) electrons. The van der Waals surface area contributed by atoms with Crippen molar-refractivity contribution < 1.29 is 28.5 Å². The van der Waals surface area contributed by atoms with Gasteiger partial charge in [0.25, 0.3) is 0 Å². The summed E-state index contributed by atoms with van der Waals surface area (Å²) in [7, 11) is 1.89. The first-order valence-corrected chi connectivity index (χ1v) is 6.98. The van der Waals surface area contributed by atoms with Gasteiger partial charge in [-0.3, -0.25) is 0 Å². The maximum absolute atomic E-state index is 8.25. The number of ether oxygens (including phenoxy) is 1. The van der Waals surface area contributed by atoms with E-state index in [1.54, 1.807) is 0 Å². The monoisotopic (exact) mass is 295 g/mol. The standard InChI is InChI=1S/C14H19N2O.O.Ti/c1-4-5-9-17-12-8-6-7-11-10(2)16-14(15-3)13(11)12;;/h6-8,15H,4-5,9H2,1-3H3;;/q-1;;+1. The Morgan fingerprint density at radius 2 is 2.11 bits per heavy atom. The molecule has 0 aliphatic carbocycles. The topological polar surface area (TPSA) is 52.4 Å². The van der Waals surface area contributed by atoms with E-state index >= 15 is 0 Å². The van der Waals surface area contributed by atoms with Gasteiger partial charge in [-0.25, -0.2) is 0 Å². The van der Waals surface area contributed by atoms with Crippen LogP contribution in [-0.4, -0.2) is 13.7 Å². The van der Waals surface area contributed by atoms with Crippen molar-refractivity contribution in [1.82, 2.24) is 4.98 Å². The normalized spacial score (nSPS) is 9.95. The summed E-state index contributed by atoms with van der Waals surface area (Å²) in [5.41, 5.74) is 1.05. The van der Waals surface area contributed by atoms with Gasteiger partial charge < -0.3 is 15.0 Å². The van der Waals surface area contributed by atoms with Gasteiger partial charge in [0.2, 0.25) is 0 Å². The average Bonchev–Trinajstić information content (AvgIpc) is 2.79. The molecule has 0 unspecified atom stereocenters. The second kappa shape index (κ2) is 8.13. The van der Waals surface area contributed by atoms with Crippen LogP contribution in [0.3, 0.4) is 0 Å². The van der Waals surface area contributed by atoms with Crippen molar-refractivity contribution in [2.45, 2.75) is 26.7 Å². The Labute approximate surface area is 125 Å². The predicted octanol–water partition coefficient (Wildman–Crippen LogP) is 3.20. The number of aromatic nitrogens is 1.